The highest BCUT2D eigenvalue weighted by molar-refractivity contribution is 5.84. The molecule has 0 aliphatic carbocycles. The van der Waals surface area contributed by atoms with Gasteiger partial charge in [0, 0.05) is 12.8 Å². The van der Waals surface area contributed by atoms with E-state index in [1.54, 1.807) is 0 Å². The number of ether oxygens (including phenoxy) is 1. The van der Waals surface area contributed by atoms with Crippen molar-refractivity contribution in [1.29, 1.82) is 0 Å². The summed E-state index contributed by atoms with van der Waals surface area (Å²) in [7, 11) is 0. The molecule has 3 aromatic carbocycles. The number of ketones is 1. The van der Waals surface area contributed by atoms with Gasteiger partial charge in [-0.1, -0.05) is 77.9 Å². The summed E-state index contributed by atoms with van der Waals surface area (Å²) >= 11 is 0. The minimum absolute atomic E-state index is 0.166. The molecule has 0 N–H and O–H groups in total. The molecule has 1 saturated heterocycles. The van der Waals surface area contributed by atoms with Crippen molar-refractivity contribution in [3.05, 3.63) is 106 Å². The number of carbonyl (C=O) groups is 2. The van der Waals surface area contributed by atoms with E-state index in [-0.39, 0.29) is 30.6 Å². The van der Waals surface area contributed by atoms with E-state index in [4.69, 9.17) is 4.74 Å². The molecule has 4 heteroatoms. The predicted molar refractivity (Wildman–Crippen MR) is 130 cm³/mol. The molecule has 33 heavy (non-hydrogen) atoms. The highest BCUT2D eigenvalue weighted by Crippen LogP contribution is 2.43. The molecule has 0 aromatic heterocycles. The largest absolute Gasteiger partial charge is 0.445 e. The number of amides is 1. The van der Waals surface area contributed by atoms with Crippen molar-refractivity contribution in [2.24, 2.45) is 0 Å². The van der Waals surface area contributed by atoms with Gasteiger partial charge in [0.2, 0.25) is 0 Å². The molecular weight excluding hydrogens is 410 g/mol. The molecule has 2 atom stereocenters. The van der Waals surface area contributed by atoms with Gasteiger partial charge in [-0.2, -0.15) is 0 Å². The molecule has 0 radical (unpaired) electrons. The van der Waals surface area contributed by atoms with Gasteiger partial charge in [-0.3, -0.25) is 9.69 Å². The molecule has 1 aliphatic rings. The van der Waals surface area contributed by atoms with Crippen LogP contribution in [0.5, 0.6) is 0 Å². The second-order valence-corrected chi connectivity index (χ2v) is 9.15. The van der Waals surface area contributed by atoms with Crippen LogP contribution < -0.4 is 0 Å². The minimum atomic E-state index is -0.386. The average Bonchev–Trinajstić information content (AvgIpc) is 2.80. The van der Waals surface area contributed by atoms with E-state index in [0.29, 0.717) is 12.8 Å². The van der Waals surface area contributed by atoms with Gasteiger partial charge in [-0.05, 0) is 55.5 Å². The number of aryl methyl sites for hydroxylation is 4. The summed E-state index contributed by atoms with van der Waals surface area (Å²) in [5.41, 5.74) is 7.31. The van der Waals surface area contributed by atoms with Crippen molar-refractivity contribution in [2.75, 3.05) is 0 Å². The molecule has 0 saturated carbocycles. The molecule has 0 spiro atoms. The lowest BCUT2D eigenvalue weighted by Crippen LogP contribution is -2.44. The van der Waals surface area contributed by atoms with Gasteiger partial charge in [-0.25, -0.2) is 4.79 Å². The van der Waals surface area contributed by atoms with Crippen molar-refractivity contribution in [1.82, 2.24) is 4.90 Å². The van der Waals surface area contributed by atoms with Crippen LogP contribution in [-0.4, -0.2) is 16.8 Å². The Hall–Kier alpha value is -3.40. The zero-order chi connectivity index (χ0) is 23.5. The van der Waals surface area contributed by atoms with E-state index in [2.05, 4.69) is 36.4 Å². The minimum Gasteiger partial charge on any atom is -0.445 e. The Morgan fingerprint density at radius 2 is 1.33 bits per heavy atom. The third kappa shape index (κ3) is 5.00. The standard InChI is InChI=1S/C29H31NO3/c1-19-10-12-21(3)25(14-19)27-16-24(31)17-28(26-15-20(2)11-13-22(26)4)30(27)29(32)33-18-23-8-6-5-7-9-23/h5-15,27-28H,16-18H2,1-4H3/t27-,28-/m1/s1. The SMILES string of the molecule is Cc1ccc(C)c([C@H]2CC(=O)C[C@H](c3cc(C)ccc3C)N2C(=O)OCc2ccccc2)c1. The third-order valence-corrected chi connectivity index (χ3v) is 6.52. The first-order valence-corrected chi connectivity index (χ1v) is 11.5. The van der Waals surface area contributed by atoms with Gasteiger partial charge < -0.3 is 4.74 Å². The first kappa shape index (κ1) is 22.8. The number of carbonyl (C=O) groups excluding carboxylic acids is 2. The number of nitrogens with zero attached hydrogens (tertiary/aromatic N) is 1. The molecule has 1 heterocycles. The van der Waals surface area contributed by atoms with Crippen molar-refractivity contribution in [2.45, 2.75) is 59.2 Å². The van der Waals surface area contributed by atoms with Gasteiger partial charge >= 0.3 is 6.09 Å². The molecule has 0 bridgehead atoms. The van der Waals surface area contributed by atoms with Crippen molar-refractivity contribution in [3.63, 3.8) is 0 Å². The summed E-state index contributed by atoms with van der Waals surface area (Å²) in [4.78, 5) is 28.4. The molecule has 1 fully saturated rings. The number of rotatable bonds is 4. The Balaban J connectivity index is 1.76. The van der Waals surface area contributed by atoms with E-state index < -0.39 is 0 Å². The van der Waals surface area contributed by atoms with Gasteiger partial charge in [-0.15, -0.1) is 0 Å². The number of piperidine rings is 1. The van der Waals surface area contributed by atoms with Crippen LogP contribution in [0.1, 0.15) is 63.9 Å². The molecule has 170 valence electrons. The number of Topliss-reactive ketones (excluding diaryl/α,β-unsaturated/α-hetero) is 1. The summed E-state index contributed by atoms with van der Waals surface area (Å²) in [6.07, 6.45) is 0.209. The van der Waals surface area contributed by atoms with Crippen LogP contribution in [0.3, 0.4) is 0 Å². The molecule has 4 rings (SSSR count). The summed E-state index contributed by atoms with van der Waals surface area (Å²) in [5.74, 6) is 0.166. The Kier molecular flexibility index (Phi) is 6.64. The Labute approximate surface area is 196 Å². The summed E-state index contributed by atoms with van der Waals surface area (Å²) < 4.78 is 5.82. The smallest absolute Gasteiger partial charge is 0.411 e. The van der Waals surface area contributed by atoms with E-state index in [1.165, 1.54) is 0 Å². The normalized spacial score (nSPS) is 18.3. The zero-order valence-electron chi connectivity index (χ0n) is 19.8. The fraction of sp³-hybridized carbons (Fsp3) is 0.310. The van der Waals surface area contributed by atoms with E-state index in [0.717, 1.165) is 38.9 Å². The van der Waals surface area contributed by atoms with Gasteiger partial charge in [0.1, 0.15) is 12.4 Å². The van der Waals surface area contributed by atoms with Gasteiger partial charge in [0.25, 0.3) is 0 Å². The number of hydrogen-bond donors (Lipinski definition) is 0. The van der Waals surface area contributed by atoms with Crippen molar-refractivity contribution >= 4 is 11.9 Å². The molecule has 0 unspecified atom stereocenters. The quantitative estimate of drug-likeness (QED) is 0.452. The highest BCUT2D eigenvalue weighted by atomic mass is 16.6. The van der Waals surface area contributed by atoms with Crippen LogP contribution in [0.2, 0.25) is 0 Å². The lowest BCUT2D eigenvalue weighted by molar-refractivity contribution is -0.125. The summed E-state index contributed by atoms with van der Waals surface area (Å²) in [5, 5.41) is 0. The van der Waals surface area contributed by atoms with Crippen molar-refractivity contribution in [3.8, 4) is 0 Å². The summed E-state index contributed by atoms with van der Waals surface area (Å²) in [6, 6.07) is 21.4. The van der Waals surface area contributed by atoms with Crippen LogP contribution in [0.25, 0.3) is 0 Å². The molecule has 4 nitrogen and oxygen atoms in total. The monoisotopic (exact) mass is 441 g/mol. The lowest BCUT2D eigenvalue weighted by Gasteiger charge is -2.42. The Morgan fingerprint density at radius 1 is 0.818 bits per heavy atom. The molecule has 3 aromatic rings. The van der Waals surface area contributed by atoms with E-state index >= 15 is 0 Å². The fourth-order valence-corrected chi connectivity index (χ4v) is 4.73. The van der Waals surface area contributed by atoms with Crippen LogP contribution in [-0.2, 0) is 16.1 Å². The summed E-state index contributed by atoms with van der Waals surface area (Å²) in [6.45, 7) is 8.34. The fourth-order valence-electron chi connectivity index (χ4n) is 4.73. The maximum atomic E-state index is 13.6. The molecule has 1 amide bonds. The second kappa shape index (κ2) is 9.62. The van der Waals surface area contributed by atoms with Crippen LogP contribution in [0.4, 0.5) is 4.79 Å². The molecular formula is C29H31NO3. The van der Waals surface area contributed by atoms with Gasteiger partial charge in [0.15, 0.2) is 0 Å². The van der Waals surface area contributed by atoms with Crippen molar-refractivity contribution < 1.29 is 14.3 Å². The van der Waals surface area contributed by atoms with Crippen LogP contribution >= 0.6 is 0 Å². The topological polar surface area (TPSA) is 46.6 Å². The first-order chi connectivity index (χ1) is 15.8. The second-order valence-electron chi connectivity index (χ2n) is 9.15. The maximum absolute atomic E-state index is 13.6. The predicted octanol–water partition coefficient (Wildman–Crippen LogP) is 6.70. The highest BCUT2D eigenvalue weighted by Gasteiger charge is 2.41. The number of hydrogen-bond acceptors (Lipinski definition) is 3. The van der Waals surface area contributed by atoms with Crippen LogP contribution in [0.15, 0.2) is 66.7 Å². The number of benzene rings is 3. The lowest BCUT2D eigenvalue weighted by atomic mass is 9.84. The maximum Gasteiger partial charge on any atom is 0.411 e. The van der Waals surface area contributed by atoms with Crippen LogP contribution in [0, 0.1) is 27.7 Å². The average molecular weight is 442 g/mol. The number of likely N-dealkylation sites (tertiary alicyclic amines) is 1. The molecule has 1 aliphatic heterocycles. The Bertz CT molecular complexity index is 1110. The first-order valence-electron chi connectivity index (χ1n) is 11.5. The van der Waals surface area contributed by atoms with E-state index in [9.17, 15) is 9.59 Å². The Morgan fingerprint density at radius 3 is 1.85 bits per heavy atom. The van der Waals surface area contributed by atoms with E-state index in [1.807, 2.05) is 62.9 Å². The zero-order valence-corrected chi connectivity index (χ0v) is 19.8. The third-order valence-electron chi connectivity index (χ3n) is 6.52. The van der Waals surface area contributed by atoms with Gasteiger partial charge in [0.05, 0.1) is 12.1 Å².